The molecule has 0 N–H and O–H groups in total. The molecule has 14 heavy (non-hydrogen) atoms. The van der Waals surface area contributed by atoms with Crippen LogP contribution in [-0.2, 0) is 4.74 Å². The fraction of sp³-hybridized carbons (Fsp3) is 0.300. The first-order valence-electron chi connectivity index (χ1n) is 4.19. The molecule has 0 unspecified atom stereocenters. The Morgan fingerprint density at radius 1 is 1.57 bits per heavy atom. The van der Waals surface area contributed by atoms with E-state index in [2.05, 4.69) is 15.9 Å². The number of carbonyl (C=O) groups excluding carboxylic acids is 1. The van der Waals surface area contributed by atoms with Crippen molar-refractivity contribution >= 4 is 21.9 Å². The van der Waals surface area contributed by atoms with Crippen molar-refractivity contribution in [2.45, 2.75) is 13.8 Å². The van der Waals surface area contributed by atoms with Crippen molar-refractivity contribution in [3.05, 3.63) is 33.5 Å². The Hall–Kier alpha value is -0.900. The highest BCUT2D eigenvalue weighted by Gasteiger charge is 2.14. The monoisotopic (exact) mass is 260 g/mol. The molecule has 0 atom stereocenters. The Morgan fingerprint density at radius 2 is 2.21 bits per heavy atom. The number of carbonyl (C=O) groups is 1. The van der Waals surface area contributed by atoms with E-state index in [4.69, 9.17) is 4.74 Å². The molecule has 0 heterocycles. The fourth-order valence-corrected chi connectivity index (χ4v) is 1.47. The van der Waals surface area contributed by atoms with Gasteiger partial charge in [0.1, 0.15) is 5.82 Å². The van der Waals surface area contributed by atoms with Gasteiger partial charge in [0, 0.05) is 4.47 Å². The number of ether oxygens (including phenoxy) is 1. The number of esters is 1. The first kappa shape index (κ1) is 11.2. The molecule has 0 aliphatic rings. The van der Waals surface area contributed by atoms with Crippen LogP contribution in [-0.4, -0.2) is 12.6 Å². The maximum absolute atomic E-state index is 13.0. The fourth-order valence-electron chi connectivity index (χ4n) is 1.08. The molecule has 2 nitrogen and oxygen atoms in total. The van der Waals surface area contributed by atoms with Gasteiger partial charge in [-0.3, -0.25) is 0 Å². The Morgan fingerprint density at radius 3 is 2.79 bits per heavy atom. The van der Waals surface area contributed by atoms with Crippen molar-refractivity contribution in [3.63, 3.8) is 0 Å². The van der Waals surface area contributed by atoms with Gasteiger partial charge in [-0.25, -0.2) is 9.18 Å². The lowest BCUT2D eigenvalue weighted by Gasteiger charge is -2.06. The van der Waals surface area contributed by atoms with Gasteiger partial charge in [0.2, 0.25) is 0 Å². The van der Waals surface area contributed by atoms with Crippen molar-refractivity contribution in [1.29, 1.82) is 0 Å². The zero-order valence-electron chi connectivity index (χ0n) is 7.93. The summed E-state index contributed by atoms with van der Waals surface area (Å²) in [6.07, 6.45) is 0. The van der Waals surface area contributed by atoms with E-state index in [1.54, 1.807) is 13.8 Å². The van der Waals surface area contributed by atoms with Crippen LogP contribution in [0.1, 0.15) is 22.8 Å². The largest absolute Gasteiger partial charge is 0.462 e. The molecule has 0 saturated heterocycles. The Balaban J connectivity index is 3.13. The summed E-state index contributed by atoms with van der Waals surface area (Å²) in [6.45, 7) is 3.70. The van der Waals surface area contributed by atoms with Crippen molar-refractivity contribution in [2.75, 3.05) is 6.61 Å². The van der Waals surface area contributed by atoms with Crippen LogP contribution in [0.3, 0.4) is 0 Å². The molecule has 1 aromatic rings. The van der Waals surface area contributed by atoms with Crippen LogP contribution in [0.4, 0.5) is 4.39 Å². The van der Waals surface area contributed by atoms with E-state index in [0.29, 0.717) is 10.0 Å². The van der Waals surface area contributed by atoms with Gasteiger partial charge >= 0.3 is 5.97 Å². The highest BCUT2D eigenvalue weighted by molar-refractivity contribution is 9.10. The lowest BCUT2D eigenvalue weighted by Crippen LogP contribution is -2.06. The third-order valence-electron chi connectivity index (χ3n) is 1.71. The Kier molecular flexibility index (Phi) is 3.63. The second kappa shape index (κ2) is 4.55. The summed E-state index contributed by atoms with van der Waals surface area (Å²) < 4.78 is 18.3. The van der Waals surface area contributed by atoms with E-state index < -0.39 is 11.8 Å². The van der Waals surface area contributed by atoms with Crippen molar-refractivity contribution in [2.24, 2.45) is 0 Å². The molecule has 0 aliphatic carbocycles. The highest BCUT2D eigenvalue weighted by atomic mass is 79.9. The molecule has 0 amide bonds. The Bertz CT molecular complexity index is 363. The third kappa shape index (κ3) is 2.32. The summed E-state index contributed by atoms with van der Waals surface area (Å²) in [5.74, 6) is -0.948. The van der Waals surface area contributed by atoms with E-state index >= 15 is 0 Å². The van der Waals surface area contributed by atoms with E-state index in [9.17, 15) is 9.18 Å². The molecule has 0 spiro atoms. The number of hydrogen-bond donors (Lipinski definition) is 0. The van der Waals surface area contributed by atoms with Gasteiger partial charge in [0.25, 0.3) is 0 Å². The maximum atomic E-state index is 13.0. The van der Waals surface area contributed by atoms with Gasteiger partial charge in [-0.1, -0.05) is 0 Å². The van der Waals surface area contributed by atoms with E-state index in [1.165, 1.54) is 6.07 Å². The van der Waals surface area contributed by atoms with Crippen LogP contribution in [0.2, 0.25) is 0 Å². The number of hydrogen-bond acceptors (Lipinski definition) is 2. The number of benzene rings is 1. The van der Waals surface area contributed by atoms with Crippen LogP contribution < -0.4 is 0 Å². The topological polar surface area (TPSA) is 26.3 Å². The third-order valence-corrected chi connectivity index (χ3v) is 2.77. The molecule has 0 fully saturated rings. The normalized spacial score (nSPS) is 10.0. The molecule has 0 radical (unpaired) electrons. The summed E-state index contributed by atoms with van der Waals surface area (Å²) >= 11 is 3.22. The second-order valence-corrected chi connectivity index (χ2v) is 3.60. The molecule has 76 valence electrons. The minimum absolute atomic E-state index is 0.226. The number of halogens is 2. The number of aryl methyl sites for hydroxylation is 1. The quantitative estimate of drug-likeness (QED) is 0.765. The minimum Gasteiger partial charge on any atom is -0.462 e. The van der Waals surface area contributed by atoms with Gasteiger partial charge in [-0.2, -0.15) is 0 Å². The average Bonchev–Trinajstić information content (AvgIpc) is 2.11. The average molecular weight is 261 g/mol. The van der Waals surface area contributed by atoms with Gasteiger partial charge in [0.05, 0.1) is 12.2 Å². The molecule has 0 aliphatic heterocycles. The highest BCUT2D eigenvalue weighted by Crippen LogP contribution is 2.23. The van der Waals surface area contributed by atoms with Crippen LogP contribution in [0, 0.1) is 12.7 Å². The molecule has 1 rings (SSSR count). The van der Waals surface area contributed by atoms with Gasteiger partial charge in [-0.05, 0) is 47.5 Å². The second-order valence-electron chi connectivity index (χ2n) is 2.80. The summed E-state index contributed by atoms with van der Waals surface area (Å²) in [6, 6.07) is 2.52. The van der Waals surface area contributed by atoms with E-state index in [1.807, 2.05) is 0 Å². The first-order chi connectivity index (χ1) is 6.56. The Labute approximate surface area is 90.2 Å². The molecular formula is C10H10BrFO2. The molecule has 1 aromatic carbocycles. The minimum atomic E-state index is -0.512. The van der Waals surface area contributed by atoms with E-state index in [0.717, 1.165) is 6.07 Å². The summed E-state index contributed by atoms with van der Waals surface area (Å²) in [5, 5.41) is 0. The summed E-state index contributed by atoms with van der Waals surface area (Å²) in [4.78, 5) is 11.4. The number of rotatable bonds is 2. The lowest BCUT2D eigenvalue weighted by atomic mass is 10.1. The van der Waals surface area contributed by atoms with Crippen LogP contribution in [0.15, 0.2) is 16.6 Å². The molecule has 4 heteroatoms. The zero-order chi connectivity index (χ0) is 10.7. The van der Waals surface area contributed by atoms with Crippen LogP contribution in [0.25, 0.3) is 0 Å². The molecule has 0 bridgehead atoms. The molecule has 0 aromatic heterocycles. The van der Waals surface area contributed by atoms with Crippen LogP contribution >= 0.6 is 15.9 Å². The van der Waals surface area contributed by atoms with Crippen molar-refractivity contribution in [3.8, 4) is 0 Å². The van der Waals surface area contributed by atoms with E-state index in [-0.39, 0.29) is 12.2 Å². The van der Waals surface area contributed by atoms with Gasteiger partial charge in [-0.15, -0.1) is 0 Å². The van der Waals surface area contributed by atoms with Gasteiger partial charge < -0.3 is 4.74 Å². The van der Waals surface area contributed by atoms with Crippen LogP contribution in [0.5, 0.6) is 0 Å². The van der Waals surface area contributed by atoms with Crippen molar-refractivity contribution in [1.82, 2.24) is 0 Å². The van der Waals surface area contributed by atoms with Crippen molar-refractivity contribution < 1.29 is 13.9 Å². The summed E-state index contributed by atoms with van der Waals surface area (Å²) in [7, 11) is 0. The lowest BCUT2D eigenvalue weighted by molar-refractivity contribution is 0.0524. The maximum Gasteiger partial charge on any atom is 0.339 e. The predicted molar refractivity (Wildman–Crippen MR) is 54.8 cm³/mol. The smallest absolute Gasteiger partial charge is 0.339 e. The first-order valence-corrected chi connectivity index (χ1v) is 4.98. The summed E-state index contributed by atoms with van der Waals surface area (Å²) in [5.41, 5.74) is 0.900. The SMILES string of the molecule is CCOC(=O)c1cc(F)cc(C)c1Br. The standard InChI is InChI=1S/C10H10BrFO2/c1-3-14-10(13)8-5-7(12)4-6(2)9(8)11/h4-5H,3H2,1-2H3. The molecular weight excluding hydrogens is 251 g/mol. The molecule has 0 saturated carbocycles. The van der Waals surface area contributed by atoms with Gasteiger partial charge in [0.15, 0.2) is 0 Å². The predicted octanol–water partition coefficient (Wildman–Crippen LogP) is 3.07. The zero-order valence-corrected chi connectivity index (χ0v) is 9.52.